The summed E-state index contributed by atoms with van der Waals surface area (Å²) in [6.07, 6.45) is 1.01. The number of likely N-dealkylation sites (N-methyl/N-ethyl adjacent to an activating group) is 1. The number of alkyl halides is 1. The topological polar surface area (TPSA) is 63.4 Å². The summed E-state index contributed by atoms with van der Waals surface area (Å²) in [7, 11) is 0. The van der Waals surface area contributed by atoms with Gasteiger partial charge in [0.15, 0.2) is 0 Å². The molecule has 0 saturated heterocycles. The number of hydrogen-bond donors (Lipinski definition) is 1. The van der Waals surface area contributed by atoms with E-state index in [0.717, 1.165) is 0 Å². The maximum absolute atomic E-state index is 11.3. The molecule has 0 rings (SSSR count). The molecule has 2 N–H and O–H groups in total. The van der Waals surface area contributed by atoms with Gasteiger partial charge in [0.25, 0.3) is 0 Å². The van der Waals surface area contributed by atoms with Gasteiger partial charge < -0.3 is 10.6 Å². The Balaban J connectivity index is 3.92. The highest BCUT2D eigenvalue weighted by Gasteiger charge is 2.12. The molecule has 5 heteroatoms. The van der Waals surface area contributed by atoms with Crippen molar-refractivity contribution >= 4 is 23.4 Å². The molecule has 0 spiro atoms. The fraction of sp³-hybridized carbons (Fsp3) is 0.750. The molecule has 0 aliphatic carbocycles. The van der Waals surface area contributed by atoms with Gasteiger partial charge in [-0.3, -0.25) is 9.59 Å². The number of nitrogens with two attached hydrogens (primary N) is 1. The Kier molecular flexibility index (Phi) is 6.32. The minimum Gasteiger partial charge on any atom is -0.368 e. The monoisotopic (exact) mass is 206 g/mol. The number of hydrogen-bond acceptors (Lipinski definition) is 2. The Morgan fingerprint density at radius 3 is 2.46 bits per heavy atom. The fourth-order valence-corrected chi connectivity index (χ4v) is 1.07. The van der Waals surface area contributed by atoms with Crippen LogP contribution in [-0.2, 0) is 9.59 Å². The number of primary amides is 1. The molecule has 0 unspecified atom stereocenters. The van der Waals surface area contributed by atoms with Crippen LogP contribution in [0.15, 0.2) is 0 Å². The second kappa shape index (κ2) is 6.71. The van der Waals surface area contributed by atoms with Crippen molar-refractivity contribution in [2.24, 2.45) is 5.73 Å². The third-order valence-electron chi connectivity index (χ3n) is 1.61. The first-order valence-electron chi connectivity index (χ1n) is 4.23. The van der Waals surface area contributed by atoms with Gasteiger partial charge in [0.05, 0.1) is 6.54 Å². The van der Waals surface area contributed by atoms with Crippen LogP contribution in [0.2, 0.25) is 0 Å². The summed E-state index contributed by atoms with van der Waals surface area (Å²) in [5.74, 6) is -0.0946. The Labute approximate surface area is 83.0 Å². The van der Waals surface area contributed by atoms with Crippen LogP contribution in [0.25, 0.3) is 0 Å². The Morgan fingerprint density at radius 2 is 2.08 bits per heavy atom. The van der Waals surface area contributed by atoms with Crippen LogP contribution < -0.4 is 5.73 Å². The molecular weight excluding hydrogens is 192 g/mol. The van der Waals surface area contributed by atoms with E-state index in [4.69, 9.17) is 17.3 Å². The molecule has 0 saturated carbocycles. The van der Waals surface area contributed by atoms with E-state index < -0.39 is 5.91 Å². The van der Waals surface area contributed by atoms with Crippen molar-refractivity contribution < 1.29 is 9.59 Å². The van der Waals surface area contributed by atoms with Crippen LogP contribution in [0, 0.1) is 0 Å². The van der Waals surface area contributed by atoms with Crippen molar-refractivity contribution in [2.45, 2.75) is 19.8 Å². The zero-order valence-corrected chi connectivity index (χ0v) is 8.51. The number of amides is 2. The number of halogens is 1. The molecule has 0 heterocycles. The zero-order valence-electron chi connectivity index (χ0n) is 7.75. The van der Waals surface area contributed by atoms with Crippen LogP contribution in [0.3, 0.4) is 0 Å². The first-order chi connectivity index (χ1) is 6.11. The van der Waals surface area contributed by atoms with Crippen molar-refractivity contribution in [1.82, 2.24) is 4.90 Å². The molecule has 0 aliphatic rings. The molecule has 0 aliphatic heterocycles. The third-order valence-corrected chi connectivity index (χ3v) is 1.87. The standard InChI is InChI=1S/C8H15ClN2O2/c1-2-11(6-7(10)12)8(13)4-3-5-9/h2-6H2,1H3,(H2,10,12). The molecule has 76 valence electrons. The molecule has 13 heavy (non-hydrogen) atoms. The maximum atomic E-state index is 11.3. The lowest BCUT2D eigenvalue weighted by atomic mass is 10.3. The SMILES string of the molecule is CCN(CC(N)=O)C(=O)CCCCl. The minimum absolute atomic E-state index is 0.00236. The normalized spacial score (nSPS) is 9.69. The molecule has 0 atom stereocenters. The number of carbonyl (C=O) groups excluding carboxylic acids is 2. The number of nitrogens with zero attached hydrogens (tertiary/aromatic N) is 1. The highest BCUT2D eigenvalue weighted by Crippen LogP contribution is 1.98. The fourth-order valence-electron chi connectivity index (χ4n) is 0.941. The molecule has 0 aromatic heterocycles. The first kappa shape index (κ1) is 12.2. The van der Waals surface area contributed by atoms with Gasteiger partial charge in [-0.25, -0.2) is 0 Å². The van der Waals surface area contributed by atoms with E-state index in [1.807, 2.05) is 6.92 Å². The van der Waals surface area contributed by atoms with E-state index in [-0.39, 0.29) is 12.5 Å². The molecule has 2 amide bonds. The third kappa shape index (κ3) is 5.47. The molecule has 0 aromatic rings. The van der Waals surface area contributed by atoms with Crippen LogP contribution in [0.5, 0.6) is 0 Å². The van der Waals surface area contributed by atoms with E-state index >= 15 is 0 Å². The van der Waals surface area contributed by atoms with Gasteiger partial charge >= 0.3 is 0 Å². The Morgan fingerprint density at radius 1 is 1.46 bits per heavy atom. The highest BCUT2D eigenvalue weighted by molar-refractivity contribution is 6.17. The van der Waals surface area contributed by atoms with Crippen LogP contribution in [0.4, 0.5) is 0 Å². The Bertz CT molecular complexity index is 185. The zero-order chi connectivity index (χ0) is 10.3. The Hall–Kier alpha value is -0.770. The van der Waals surface area contributed by atoms with Crippen LogP contribution >= 0.6 is 11.6 Å². The van der Waals surface area contributed by atoms with Gasteiger partial charge in [-0.1, -0.05) is 0 Å². The molecular formula is C8H15ClN2O2. The van der Waals surface area contributed by atoms with Gasteiger partial charge in [0.1, 0.15) is 0 Å². The van der Waals surface area contributed by atoms with Crippen LogP contribution in [0.1, 0.15) is 19.8 Å². The average molecular weight is 207 g/mol. The summed E-state index contributed by atoms with van der Waals surface area (Å²) in [6, 6.07) is 0. The largest absolute Gasteiger partial charge is 0.368 e. The quantitative estimate of drug-likeness (QED) is 0.637. The van der Waals surface area contributed by atoms with Gasteiger partial charge in [-0.2, -0.15) is 0 Å². The molecule has 0 bridgehead atoms. The van der Waals surface area contributed by atoms with Gasteiger partial charge in [-0.05, 0) is 13.3 Å². The predicted molar refractivity (Wildman–Crippen MR) is 51.4 cm³/mol. The summed E-state index contributed by atoms with van der Waals surface area (Å²) in [6.45, 7) is 2.31. The molecule has 0 radical (unpaired) electrons. The van der Waals surface area contributed by atoms with Crippen molar-refractivity contribution in [2.75, 3.05) is 19.0 Å². The first-order valence-corrected chi connectivity index (χ1v) is 4.77. The lowest BCUT2D eigenvalue weighted by molar-refractivity contribution is -0.134. The summed E-state index contributed by atoms with van der Waals surface area (Å²) < 4.78 is 0. The molecule has 4 nitrogen and oxygen atoms in total. The summed E-state index contributed by atoms with van der Waals surface area (Å²) in [4.78, 5) is 23.3. The van der Waals surface area contributed by atoms with Crippen molar-refractivity contribution in [3.8, 4) is 0 Å². The predicted octanol–water partition coefficient (Wildman–Crippen LogP) is 0.339. The van der Waals surface area contributed by atoms with Gasteiger partial charge in [-0.15, -0.1) is 11.6 Å². The summed E-state index contributed by atoms with van der Waals surface area (Å²) in [5.41, 5.74) is 4.98. The van der Waals surface area contributed by atoms with E-state index in [1.54, 1.807) is 0 Å². The summed E-state index contributed by atoms with van der Waals surface area (Å²) in [5, 5.41) is 0. The lowest BCUT2D eigenvalue weighted by Gasteiger charge is -2.18. The average Bonchev–Trinajstić information content (AvgIpc) is 2.09. The van der Waals surface area contributed by atoms with Crippen molar-refractivity contribution in [1.29, 1.82) is 0 Å². The van der Waals surface area contributed by atoms with E-state index in [9.17, 15) is 9.59 Å². The molecule has 0 fully saturated rings. The van der Waals surface area contributed by atoms with Crippen molar-refractivity contribution in [3.05, 3.63) is 0 Å². The lowest BCUT2D eigenvalue weighted by Crippen LogP contribution is -2.38. The smallest absolute Gasteiger partial charge is 0.237 e. The van der Waals surface area contributed by atoms with Crippen LogP contribution in [-0.4, -0.2) is 35.7 Å². The van der Waals surface area contributed by atoms with E-state index in [0.29, 0.717) is 25.3 Å². The van der Waals surface area contributed by atoms with E-state index in [2.05, 4.69) is 0 Å². The number of rotatable bonds is 6. The number of carbonyl (C=O) groups is 2. The maximum Gasteiger partial charge on any atom is 0.237 e. The molecule has 0 aromatic carbocycles. The second-order valence-corrected chi connectivity index (χ2v) is 3.04. The van der Waals surface area contributed by atoms with Gasteiger partial charge in [0, 0.05) is 18.8 Å². The van der Waals surface area contributed by atoms with Crippen molar-refractivity contribution in [3.63, 3.8) is 0 Å². The van der Waals surface area contributed by atoms with E-state index in [1.165, 1.54) is 4.90 Å². The highest BCUT2D eigenvalue weighted by atomic mass is 35.5. The van der Waals surface area contributed by atoms with Gasteiger partial charge in [0.2, 0.25) is 11.8 Å². The minimum atomic E-state index is -0.485. The second-order valence-electron chi connectivity index (χ2n) is 2.67. The summed E-state index contributed by atoms with van der Waals surface area (Å²) >= 11 is 5.44.